The van der Waals surface area contributed by atoms with Crippen LogP contribution in [0, 0.1) is 11.8 Å². The number of hydrogen-bond acceptors (Lipinski definition) is 1. The molecule has 0 radical (unpaired) electrons. The molecule has 0 bridgehead atoms. The van der Waals surface area contributed by atoms with Crippen molar-refractivity contribution in [2.45, 2.75) is 6.42 Å². The second-order valence-electron chi connectivity index (χ2n) is 4.31. The summed E-state index contributed by atoms with van der Waals surface area (Å²) in [6.07, 6.45) is 7.15. The molecule has 16 heavy (non-hydrogen) atoms. The number of carbonyl (C=O) groups is 1. The molecule has 0 unspecified atom stereocenters. The molecule has 1 aromatic carbocycles. The van der Waals surface area contributed by atoms with Gasteiger partial charge < -0.3 is 0 Å². The van der Waals surface area contributed by atoms with Gasteiger partial charge in [0.25, 0.3) is 0 Å². The number of hydrogen-bond donors (Lipinski definition) is 0. The number of fused-ring (bicyclic) bond motifs is 1. The van der Waals surface area contributed by atoms with Crippen molar-refractivity contribution in [3.05, 3.63) is 52.6 Å². The Morgan fingerprint density at radius 2 is 2.00 bits per heavy atom. The quantitative estimate of drug-likeness (QED) is 0.533. The maximum atomic E-state index is 11.8. The fourth-order valence-corrected chi connectivity index (χ4v) is 2.56. The molecule has 1 fully saturated rings. The van der Waals surface area contributed by atoms with Crippen molar-refractivity contribution in [3.63, 3.8) is 0 Å². The van der Waals surface area contributed by atoms with E-state index in [1.807, 2.05) is 30.3 Å². The molecular formula is C14H11ClO. The molecule has 2 aliphatic rings. The first kappa shape index (κ1) is 9.86. The SMILES string of the molecule is O=C1/C(=C\c2ccc(Cl)cc2)[C@@H]2C=CC[C@H]12. The lowest BCUT2D eigenvalue weighted by atomic mass is 9.69. The van der Waals surface area contributed by atoms with Gasteiger partial charge in [-0.25, -0.2) is 0 Å². The van der Waals surface area contributed by atoms with E-state index in [-0.39, 0.29) is 5.92 Å². The molecule has 2 aliphatic carbocycles. The maximum Gasteiger partial charge on any atom is 0.163 e. The van der Waals surface area contributed by atoms with Crippen molar-refractivity contribution in [2.75, 3.05) is 0 Å². The van der Waals surface area contributed by atoms with Crippen LogP contribution in [0.25, 0.3) is 6.08 Å². The van der Waals surface area contributed by atoms with Crippen molar-refractivity contribution in [1.82, 2.24) is 0 Å². The summed E-state index contributed by atoms with van der Waals surface area (Å²) in [5.41, 5.74) is 1.99. The van der Waals surface area contributed by atoms with Crippen LogP contribution in [0.1, 0.15) is 12.0 Å². The first-order valence-electron chi connectivity index (χ1n) is 5.44. The Morgan fingerprint density at radius 1 is 1.25 bits per heavy atom. The molecule has 1 saturated carbocycles. The summed E-state index contributed by atoms with van der Waals surface area (Å²) in [6, 6.07) is 7.57. The second kappa shape index (κ2) is 3.60. The van der Waals surface area contributed by atoms with Crippen molar-refractivity contribution >= 4 is 23.5 Å². The molecule has 2 heteroatoms. The molecule has 0 N–H and O–H groups in total. The van der Waals surface area contributed by atoms with Gasteiger partial charge in [-0.05, 0) is 30.2 Å². The van der Waals surface area contributed by atoms with Crippen LogP contribution >= 0.6 is 11.6 Å². The minimum atomic E-state index is 0.235. The number of allylic oxidation sites excluding steroid dienone is 3. The minimum Gasteiger partial charge on any atom is -0.294 e. The number of halogens is 1. The molecule has 0 amide bonds. The summed E-state index contributed by atoms with van der Waals surface area (Å²) in [7, 11) is 0. The van der Waals surface area contributed by atoms with E-state index in [4.69, 9.17) is 11.6 Å². The Balaban J connectivity index is 1.90. The van der Waals surface area contributed by atoms with Gasteiger partial charge >= 0.3 is 0 Å². The van der Waals surface area contributed by atoms with Crippen molar-refractivity contribution < 1.29 is 4.79 Å². The van der Waals surface area contributed by atoms with Crippen LogP contribution in [0.15, 0.2) is 42.0 Å². The van der Waals surface area contributed by atoms with Crippen molar-refractivity contribution in [1.29, 1.82) is 0 Å². The van der Waals surface area contributed by atoms with E-state index in [9.17, 15) is 4.79 Å². The van der Waals surface area contributed by atoms with Crippen molar-refractivity contribution in [3.8, 4) is 0 Å². The van der Waals surface area contributed by atoms with Crippen LogP contribution in [-0.2, 0) is 4.79 Å². The Morgan fingerprint density at radius 3 is 2.75 bits per heavy atom. The van der Waals surface area contributed by atoms with E-state index < -0.39 is 0 Å². The highest BCUT2D eigenvalue weighted by Crippen LogP contribution is 2.44. The van der Waals surface area contributed by atoms with Crippen LogP contribution in [0.4, 0.5) is 0 Å². The molecule has 0 aliphatic heterocycles. The Labute approximate surface area is 99.4 Å². The monoisotopic (exact) mass is 230 g/mol. The van der Waals surface area contributed by atoms with Gasteiger partial charge in [0.15, 0.2) is 5.78 Å². The highest BCUT2D eigenvalue weighted by atomic mass is 35.5. The maximum absolute atomic E-state index is 11.8. The molecule has 0 aromatic heterocycles. The smallest absolute Gasteiger partial charge is 0.163 e. The predicted octanol–water partition coefficient (Wildman–Crippen LogP) is 3.50. The molecule has 2 atom stereocenters. The third-order valence-electron chi connectivity index (χ3n) is 3.34. The summed E-state index contributed by atoms with van der Waals surface area (Å²) in [4.78, 5) is 11.8. The van der Waals surface area contributed by atoms with E-state index in [0.717, 1.165) is 22.6 Å². The van der Waals surface area contributed by atoms with E-state index in [0.29, 0.717) is 11.7 Å². The zero-order valence-electron chi connectivity index (χ0n) is 8.69. The highest BCUT2D eigenvalue weighted by Gasteiger charge is 2.44. The number of benzene rings is 1. The van der Waals surface area contributed by atoms with E-state index in [1.165, 1.54) is 0 Å². The largest absolute Gasteiger partial charge is 0.294 e. The second-order valence-corrected chi connectivity index (χ2v) is 4.75. The summed E-state index contributed by atoms with van der Waals surface area (Å²) < 4.78 is 0. The average Bonchev–Trinajstić information content (AvgIpc) is 2.73. The molecule has 0 spiro atoms. The molecule has 0 saturated heterocycles. The average molecular weight is 231 g/mol. The third kappa shape index (κ3) is 1.43. The summed E-state index contributed by atoms with van der Waals surface area (Å²) >= 11 is 5.82. The van der Waals surface area contributed by atoms with Crippen LogP contribution < -0.4 is 0 Å². The van der Waals surface area contributed by atoms with Crippen LogP contribution in [0.2, 0.25) is 5.02 Å². The molecule has 1 nitrogen and oxygen atoms in total. The Bertz CT molecular complexity index is 496. The fourth-order valence-electron chi connectivity index (χ4n) is 2.43. The fraction of sp³-hybridized carbons (Fsp3) is 0.214. The number of carbonyl (C=O) groups excluding carboxylic acids is 1. The molecule has 80 valence electrons. The number of Topliss-reactive ketones (excluding diaryl/α,β-unsaturated/α-hetero) is 1. The number of rotatable bonds is 1. The standard InChI is InChI=1S/C14H11ClO/c15-10-6-4-9(5-7-10)8-13-11-2-1-3-12(11)14(13)16/h1-2,4-8,11-12H,3H2/b13-8-/t11-,12+/m1/s1. The number of ketones is 1. The molecule has 1 aromatic rings. The van der Waals surface area contributed by atoms with E-state index in [1.54, 1.807) is 0 Å². The lowest BCUT2D eigenvalue weighted by molar-refractivity contribution is -0.124. The summed E-state index contributed by atoms with van der Waals surface area (Å²) in [5, 5.41) is 0.723. The summed E-state index contributed by atoms with van der Waals surface area (Å²) in [5.74, 6) is 0.909. The normalized spacial score (nSPS) is 29.3. The van der Waals surface area contributed by atoms with Gasteiger partial charge in [0.1, 0.15) is 0 Å². The zero-order chi connectivity index (χ0) is 11.1. The zero-order valence-corrected chi connectivity index (χ0v) is 9.45. The molecule has 3 rings (SSSR count). The summed E-state index contributed by atoms with van der Waals surface area (Å²) in [6.45, 7) is 0. The molecular weight excluding hydrogens is 220 g/mol. The van der Waals surface area contributed by atoms with Crippen LogP contribution in [-0.4, -0.2) is 5.78 Å². The van der Waals surface area contributed by atoms with Crippen molar-refractivity contribution in [2.24, 2.45) is 11.8 Å². The van der Waals surface area contributed by atoms with Gasteiger partial charge in [0, 0.05) is 22.4 Å². The lowest BCUT2D eigenvalue weighted by Gasteiger charge is -2.31. The Kier molecular flexibility index (Phi) is 2.22. The van der Waals surface area contributed by atoms with Gasteiger partial charge in [-0.3, -0.25) is 4.79 Å². The lowest BCUT2D eigenvalue weighted by Crippen LogP contribution is -2.36. The van der Waals surface area contributed by atoms with Gasteiger partial charge in [0.2, 0.25) is 0 Å². The minimum absolute atomic E-state index is 0.235. The van der Waals surface area contributed by atoms with Gasteiger partial charge in [0.05, 0.1) is 0 Å². The first-order valence-corrected chi connectivity index (χ1v) is 5.81. The highest BCUT2D eigenvalue weighted by molar-refractivity contribution is 6.30. The molecule has 0 heterocycles. The first-order chi connectivity index (χ1) is 7.75. The van der Waals surface area contributed by atoms with E-state index >= 15 is 0 Å². The third-order valence-corrected chi connectivity index (χ3v) is 3.59. The van der Waals surface area contributed by atoms with Gasteiger partial charge in [-0.15, -0.1) is 0 Å². The Hall–Kier alpha value is -1.34. The topological polar surface area (TPSA) is 17.1 Å². The van der Waals surface area contributed by atoms with Gasteiger partial charge in [-0.1, -0.05) is 35.9 Å². The van der Waals surface area contributed by atoms with Gasteiger partial charge in [-0.2, -0.15) is 0 Å². The predicted molar refractivity (Wildman–Crippen MR) is 65.2 cm³/mol. The van der Waals surface area contributed by atoms with Crippen LogP contribution in [0.5, 0.6) is 0 Å². The van der Waals surface area contributed by atoms with E-state index in [2.05, 4.69) is 12.2 Å². The van der Waals surface area contributed by atoms with Crippen LogP contribution in [0.3, 0.4) is 0 Å².